The molecule has 0 saturated carbocycles. The Labute approximate surface area is 122 Å². The maximum atomic E-state index is 12.5. The number of rotatable bonds is 4. The van der Waals surface area contributed by atoms with Crippen LogP contribution in [0.3, 0.4) is 0 Å². The fraction of sp³-hybridized carbons (Fsp3) is 0.267. The van der Waals surface area contributed by atoms with Gasteiger partial charge >= 0.3 is 0 Å². The van der Waals surface area contributed by atoms with Gasteiger partial charge in [0.25, 0.3) is 5.91 Å². The summed E-state index contributed by atoms with van der Waals surface area (Å²) in [6.07, 6.45) is 2.52. The molecule has 2 aromatic heterocycles. The highest BCUT2D eigenvalue weighted by Crippen LogP contribution is 2.19. The van der Waals surface area contributed by atoms with Crippen LogP contribution in [0.2, 0.25) is 0 Å². The molecule has 6 heteroatoms. The number of carbonyl (C=O) groups excluding carboxylic acids is 1. The Morgan fingerprint density at radius 3 is 2.90 bits per heavy atom. The number of aromatic nitrogens is 4. The van der Waals surface area contributed by atoms with Crippen molar-refractivity contribution in [1.29, 1.82) is 0 Å². The first-order valence-electron chi connectivity index (χ1n) is 6.92. The van der Waals surface area contributed by atoms with E-state index in [4.69, 9.17) is 0 Å². The molecule has 1 atom stereocenters. The van der Waals surface area contributed by atoms with Crippen LogP contribution < -0.4 is 5.32 Å². The van der Waals surface area contributed by atoms with Crippen LogP contribution in [-0.2, 0) is 7.05 Å². The molecule has 3 aromatic rings. The highest BCUT2D eigenvalue weighted by atomic mass is 16.2. The Bertz CT molecular complexity index is 773. The number of hydrogen-bond donors (Lipinski definition) is 2. The third-order valence-electron chi connectivity index (χ3n) is 3.61. The molecule has 0 unspecified atom stereocenters. The van der Waals surface area contributed by atoms with Gasteiger partial charge in [0.2, 0.25) is 0 Å². The summed E-state index contributed by atoms with van der Waals surface area (Å²) in [7, 11) is 1.87. The Morgan fingerprint density at radius 2 is 2.19 bits per heavy atom. The van der Waals surface area contributed by atoms with Gasteiger partial charge in [-0.15, -0.1) is 0 Å². The van der Waals surface area contributed by atoms with E-state index in [9.17, 15) is 4.79 Å². The summed E-state index contributed by atoms with van der Waals surface area (Å²) >= 11 is 0. The molecule has 6 nitrogen and oxygen atoms in total. The molecule has 0 spiro atoms. The Balaban J connectivity index is 1.87. The topological polar surface area (TPSA) is 75.6 Å². The normalized spacial score (nSPS) is 12.5. The van der Waals surface area contributed by atoms with Gasteiger partial charge in [-0.25, -0.2) is 0 Å². The van der Waals surface area contributed by atoms with E-state index < -0.39 is 0 Å². The van der Waals surface area contributed by atoms with E-state index in [2.05, 4.69) is 20.6 Å². The van der Waals surface area contributed by atoms with Crippen LogP contribution in [0.25, 0.3) is 10.9 Å². The van der Waals surface area contributed by atoms with Crippen molar-refractivity contribution in [3.63, 3.8) is 0 Å². The summed E-state index contributed by atoms with van der Waals surface area (Å²) in [6, 6.07) is 9.42. The van der Waals surface area contributed by atoms with Crippen LogP contribution in [0.1, 0.15) is 35.6 Å². The lowest BCUT2D eigenvalue weighted by Crippen LogP contribution is -2.29. The quantitative estimate of drug-likeness (QED) is 0.770. The fourth-order valence-electron chi connectivity index (χ4n) is 2.47. The number of benzene rings is 1. The van der Waals surface area contributed by atoms with E-state index in [1.54, 1.807) is 10.9 Å². The van der Waals surface area contributed by atoms with Gasteiger partial charge in [-0.3, -0.25) is 14.6 Å². The van der Waals surface area contributed by atoms with Crippen LogP contribution in [-0.4, -0.2) is 25.9 Å². The smallest absolute Gasteiger partial charge is 0.272 e. The number of hydrogen-bond acceptors (Lipinski definition) is 3. The van der Waals surface area contributed by atoms with Crippen molar-refractivity contribution in [3.05, 3.63) is 47.9 Å². The zero-order valence-electron chi connectivity index (χ0n) is 12.0. The second-order valence-corrected chi connectivity index (χ2v) is 4.93. The van der Waals surface area contributed by atoms with Crippen molar-refractivity contribution in [1.82, 2.24) is 25.3 Å². The lowest BCUT2D eigenvalue weighted by molar-refractivity contribution is 0.0930. The van der Waals surface area contributed by atoms with Crippen molar-refractivity contribution in [2.45, 2.75) is 19.4 Å². The number of carbonyl (C=O) groups is 1. The van der Waals surface area contributed by atoms with Gasteiger partial charge in [0.05, 0.1) is 17.3 Å². The molecular formula is C15H17N5O. The number of aromatic amines is 1. The third-order valence-corrected chi connectivity index (χ3v) is 3.61. The molecule has 0 aliphatic carbocycles. The molecule has 0 bridgehead atoms. The van der Waals surface area contributed by atoms with Crippen molar-refractivity contribution in [2.75, 3.05) is 0 Å². The van der Waals surface area contributed by atoms with E-state index in [0.717, 1.165) is 23.0 Å². The maximum Gasteiger partial charge on any atom is 0.272 e. The van der Waals surface area contributed by atoms with Gasteiger partial charge < -0.3 is 5.32 Å². The molecule has 0 fully saturated rings. The minimum absolute atomic E-state index is 0.0829. The van der Waals surface area contributed by atoms with Gasteiger partial charge in [-0.2, -0.15) is 10.2 Å². The lowest BCUT2D eigenvalue weighted by atomic mass is 10.1. The van der Waals surface area contributed by atoms with Crippen LogP contribution >= 0.6 is 0 Å². The number of H-pyrrole nitrogens is 1. The summed E-state index contributed by atoms with van der Waals surface area (Å²) in [5, 5.41) is 15.0. The van der Waals surface area contributed by atoms with Crippen LogP contribution in [0, 0.1) is 0 Å². The number of amides is 1. The predicted molar refractivity (Wildman–Crippen MR) is 79.8 cm³/mol. The standard InChI is InChI=1S/C15H17N5O/c1-3-11(13-8-9-16-20(13)2)17-15(21)14-10-6-4-5-7-12(10)18-19-14/h4-9,11H,3H2,1-2H3,(H,17,21)(H,18,19)/t11-/m0/s1. The monoisotopic (exact) mass is 283 g/mol. The molecule has 2 heterocycles. The molecule has 1 amide bonds. The highest BCUT2D eigenvalue weighted by Gasteiger charge is 2.20. The minimum Gasteiger partial charge on any atom is -0.342 e. The molecule has 1 aromatic carbocycles. The lowest BCUT2D eigenvalue weighted by Gasteiger charge is -2.16. The number of aryl methyl sites for hydroxylation is 1. The summed E-state index contributed by atoms with van der Waals surface area (Å²) in [5.74, 6) is -0.180. The van der Waals surface area contributed by atoms with Crippen LogP contribution in [0.5, 0.6) is 0 Å². The molecule has 0 radical (unpaired) electrons. The fourth-order valence-corrected chi connectivity index (χ4v) is 2.47. The largest absolute Gasteiger partial charge is 0.342 e. The first-order chi connectivity index (χ1) is 10.2. The maximum absolute atomic E-state index is 12.5. The number of para-hydroxylation sites is 1. The number of fused-ring (bicyclic) bond motifs is 1. The van der Waals surface area contributed by atoms with E-state index in [-0.39, 0.29) is 11.9 Å². The van der Waals surface area contributed by atoms with E-state index in [1.165, 1.54) is 0 Å². The summed E-state index contributed by atoms with van der Waals surface area (Å²) in [5.41, 5.74) is 2.26. The van der Waals surface area contributed by atoms with Crippen LogP contribution in [0.15, 0.2) is 36.5 Å². The molecule has 0 aliphatic heterocycles. The Morgan fingerprint density at radius 1 is 1.38 bits per heavy atom. The highest BCUT2D eigenvalue weighted by molar-refractivity contribution is 6.04. The molecule has 108 valence electrons. The molecule has 3 rings (SSSR count). The van der Waals surface area contributed by atoms with Gasteiger partial charge in [0.1, 0.15) is 0 Å². The summed E-state index contributed by atoms with van der Waals surface area (Å²) in [6.45, 7) is 2.03. The average molecular weight is 283 g/mol. The zero-order chi connectivity index (χ0) is 14.8. The zero-order valence-corrected chi connectivity index (χ0v) is 12.0. The predicted octanol–water partition coefficient (Wildman–Crippen LogP) is 2.18. The van der Waals surface area contributed by atoms with E-state index >= 15 is 0 Å². The van der Waals surface area contributed by atoms with Crippen molar-refractivity contribution < 1.29 is 4.79 Å². The third kappa shape index (κ3) is 2.40. The summed E-state index contributed by atoms with van der Waals surface area (Å²) in [4.78, 5) is 12.5. The van der Waals surface area contributed by atoms with Crippen molar-refractivity contribution >= 4 is 16.8 Å². The second-order valence-electron chi connectivity index (χ2n) is 4.93. The van der Waals surface area contributed by atoms with Crippen LogP contribution in [0.4, 0.5) is 0 Å². The molecular weight excluding hydrogens is 266 g/mol. The van der Waals surface area contributed by atoms with Gasteiger partial charge in [-0.1, -0.05) is 25.1 Å². The summed E-state index contributed by atoms with van der Waals surface area (Å²) < 4.78 is 1.77. The van der Waals surface area contributed by atoms with Gasteiger partial charge in [-0.05, 0) is 18.6 Å². The molecule has 2 N–H and O–H groups in total. The van der Waals surface area contributed by atoms with Crippen molar-refractivity contribution in [2.24, 2.45) is 7.05 Å². The van der Waals surface area contributed by atoms with Gasteiger partial charge in [0, 0.05) is 18.6 Å². The van der Waals surface area contributed by atoms with E-state index in [1.807, 2.05) is 44.3 Å². The number of nitrogens with zero attached hydrogens (tertiary/aromatic N) is 3. The van der Waals surface area contributed by atoms with Gasteiger partial charge in [0.15, 0.2) is 5.69 Å². The molecule has 0 aliphatic rings. The Hall–Kier alpha value is -2.63. The Kier molecular flexibility index (Phi) is 3.43. The molecule has 0 saturated heterocycles. The van der Waals surface area contributed by atoms with Crippen molar-refractivity contribution in [3.8, 4) is 0 Å². The number of nitrogens with one attached hydrogen (secondary N) is 2. The molecule has 21 heavy (non-hydrogen) atoms. The average Bonchev–Trinajstić information content (AvgIpc) is 3.11. The second kappa shape index (κ2) is 5.40. The first-order valence-corrected chi connectivity index (χ1v) is 6.92. The van der Waals surface area contributed by atoms with E-state index in [0.29, 0.717) is 5.69 Å². The minimum atomic E-state index is -0.180. The SMILES string of the molecule is CC[C@H](NC(=O)c1n[nH]c2ccccc12)c1ccnn1C. The first kappa shape index (κ1) is 13.4.